The van der Waals surface area contributed by atoms with E-state index in [9.17, 15) is 19.5 Å². The average Bonchev–Trinajstić information content (AvgIpc) is 3.14. The van der Waals surface area contributed by atoms with E-state index in [2.05, 4.69) is 4.98 Å². The monoisotopic (exact) mass is 664 g/mol. The van der Waals surface area contributed by atoms with Crippen molar-refractivity contribution < 1.29 is 33.6 Å². The van der Waals surface area contributed by atoms with Crippen LogP contribution in [0, 0.1) is 6.92 Å². The highest BCUT2D eigenvalue weighted by Crippen LogP contribution is 2.44. The molecule has 4 atom stereocenters. The number of methoxy groups -OCH3 is 2. The highest BCUT2D eigenvalue weighted by molar-refractivity contribution is 5.89. The first-order chi connectivity index (χ1) is 23.7. The minimum atomic E-state index is -1.60. The van der Waals surface area contributed by atoms with Crippen LogP contribution in [0.4, 0.5) is 0 Å². The molecule has 11 nitrogen and oxygen atoms in total. The molecule has 2 heterocycles. The number of hydrogen-bond donors (Lipinski definition) is 2. The highest BCUT2D eigenvalue weighted by Gasteiger charge is 2.49. The lowest BCUT2D eigenvalue weighted by Crippen LogP contribution is -2.57. The predicted octanol–water partition coefficient (Wildman–Crippen LogP) is 4.35. The number of H-pyrrole nitrogens is 1. The summed E-state index contributed by atoms with van der Waals surface area (Å²) in [5.41, 5.74) is -0.0506. The number of carbonyl (C=O) groups excluding carboxylic acids is 1. The third-order valence-corrected chi connectivity index (χ3v) is 8.60. The van der Waals surface area contributed by atoms with Crippen molar-refractivity contribution in [2.75, 3.05) is 20.8 Å². The molecule has 0 aliphatic carbocycles. The first kappa shape index (κ1) is 33.4. The summed E-state index contributed by atoms with van der Waals surface area (Å²) in [4.78, 5) is 40.8. The van der Waals surface area contributed by atoms with Gasteiger partial charge in [0.15, 0.2) is 12.3 Å². The van der Waals surface area contributed by atoms with Crippen LogP contribution in [0.3, 0.4) is 0 Å². The molecule has 6 rings (SSSR count). The maximum Gasteiger partial charge on any atom is 0.338 e. The molecule has 0 saturated carbocycles. The van der Waals surface area contributed by atoms with Gasteiger partial charge in [-0.1, -0.05) is 72.8 Å². The number of nitrogens with one attached hydrogen (secondary N) is 1. The maximum atomic E-state index is 13.6. The van der Waals surface area contributed by atoms with Crippen molar-refractivity contribution >= 4 is 5.97 Å². The van der Waals surface area contributed by atoms with Gasteiger partial charge in [-0.2, -0.15) is 0 Å². The molecule has 4 aromatic carbocycles. The van der Waals surface area contributed by atoms with Crippen LogP contribution in [0.25, 0.3) is 0 Å². The molecule has 252 valence electrons. The lowest BCUT2D eigenvalue weighted by Gasteiger charge is -2.45. The third kappa shape index (κ3) is 6.64. The van der Waals surface area contributed by atoms with Crippen LogP contribution in [0.5, 0.6) is 11.5 Å². The summed E-state index contributed by atoms with van der Waals surface area (Å²) >= 11 is 0. The van der Waals surface area contributed by atoms with Crippen LogP contribution in [0.15, 0.2) is 125 Å². The number of rotatable bonds is 10. The van der Waals surface area contributed by atoms with Gasteiger partial charge in [0.1, 0.15) is 29.3 Å². The standard InChI is InChI=1S/C38H36N2O9/c1-24-22-40(37(44)39-34(24)42)35-32(41)33(48-36(43)25-10-6-4-7-11-25)31(23-47-35)49-38(26-12-8-5-9-13-26,27-14-18-29(45-2)19-15-27)28-16-20-30(46-3)21-17-28/h4-22,31-33,35,41H,23H2,1-3H3,(H,39,42,44)/t31-,32-,33-,35?/m1/s1. The largest absolute Gasteiger partial charge is 0.497 e. The van der Waals surface area contributed by atoms with E-state index >= 15 is 0 Å². The van der Waals surface area contributed by atoms with Gasteiger partial charge < -0.3 is 28.8 Å². The molecule has 2 N–H and O–H groups in total. The van der Waals surface area contributed by atoms with Crippen LogP contribution in [-0.4, -0.2) is 59.8 Å². The molecule has 0 radical (unpaired) electrons. The number of carbonyl (C=O) groups is 1. The summed E-state index contributed by atoms with van der Waals surface area (Å²) in [6.07, 6.45) is -4.04. The Morgan fingerprint density at radius 2 is 1.35 bits per heavy atom. The van der Waals surface area contributed by atoms with Gasteiger partial charge >= 0.3 is 11.7 Å². The minimum absolute atomic E-state index is 0.208. The molecule has 1 aliphatic heterocycles. The smallest absolute Gasteiger partial charge is 0.338 e. The first-order valence-electron chi connectivity index (χ1n) is 15.7. The zero-order valence-corrected chi connectivity index (χ0v) is 27.1. The Balaban J connectivity index is 1.50. The van der Waals surface area contributed by atoms with E-state index < -0.39 is 47.4 Å². The molecular weight excluding hydrogens is 628 g/mol. The van der Waals surface area contributed by atoms with E-state index in [-0.39, 0.29) is 17.7 Å². The summed E-state index contributed by atoms with van der Waals surface area (Å²) in [5, 5.41) is 11.9. The van der Waals surface area contributed by atoms with Crippen LogP contribution >= 0.6 is 0 Å². The lowest BCUT2D eigenvalue weighted by atomic mass is 9.79. The van der Waals surface area contributed by atoms with Crippen molar-refractivity contribution in [1.29, 1.82) is 0 Å². The number of aromatic amines is 1. The highest BCUT2D eigenvalue weighted by atomic mass is 16.6. The summed E-state index contributed by atoms with van der Waals surface area (Å²) in [6, 6.07) is 32.7. The maximum absolute atomic E-state index is 13.6. The zero-order chi connectivity index (χ0) is 34.5. The second kappa shape index (κ2) is 14.3. The molecular formula is C38H36N2O9. The van der Waals surface area contributed by atoms with Crippen molar-refractivity contribution in [2.45, 2.75) is 37.1 Å². The Labute approximate surface area is 282 Å². The van der Waals surface area contributed by atoms with E-state index in [1.807, 2.05) is 78.9 Å². The van der Waals surface area contributed by atoms with E-state index in [0.29, 0.717) is 22.6 Å². The second-order valence-electron chi connectivity index (χ2n) is 11.6. The van der Waals surface area contributed by atoms with Gasteiger partial charge in [-0.05, 0) is 60.0 Å². The van der Waals surface area contributed by atoms with Crippen molar-refractivity contribution in [1.82, 2.24) is 9.55 Å². The summed E-state index contributed by atoms with van der Waals surface area (Å²) < 4.78 is 31.4. The van der Waals surface area contributed by atoms with Crippen molar-refractivity contribution in [3.63, 3.8) is 0 Å². The fraction of sp³-hybridized carbons (Fsp3) is 0.237. The van der Waals surface area contributed by atoms with Gasteiger partial charge in [-0.25, -0.2) is 9.59 Å². The average molecular weight is 665 g/mol. The number of aliphatic hydroxyl groups is 1. The fourth-order valence-corrected chi connectivity index (χ4v) is 6.06. The quantitative estimate of drug-likeness (QED) is 0.165. The summed E-state index contributed by atoms with van der Waals surface area (Å²) in [6.45, 7) is 1.32. The number of aryl methyl sites for hydroxylation is 1. The van der Waals surface area contributed by atoms with E-state index in [1.165, 1.54) is 13.1 Å². The van der Waals surface area contributed by atoms with Crippen molar-refractivity contribution in [2.24, 2.45) is 0 Å². The zero-order valence-electron chi connectivity index (χ0n) is 27.1. The fourth-order valence-electron chi connectivity index (χ4n) is 6.06. The van der Waals surface area contributed by atoms with E-state index in [1.54, 1.807) is 44.6 Å². The van der Waals surface area contributed by atoms with Gasteiger partial charge in [-0.3, -0.25) is 14.3 Å². The number of aliphatic hydroxyl groups excluding tert-OH is 1. The molecule has 5 aromatic rings. The van der Waals surface area contributed by atoms with E-state index in [4.69, 9.17) is 23.7 Å². The molecule has 0 bridgehead atoms. The second-order valence-corrected chi connectivity index (χ2v) is 11.6. The Morgan fingerprint density at radius 1 is 0.816 bits per heavy atom. The lowest BCUT2D eigenvalue weighted by molar-refractivity contribution is -0.240. The van der Waals surface area contributed by atoms with Crippen LogP contribution < -0.4 is 20.7 Å². The Bertz CT molecular complexity index is 1940. The number of hydrogen-bond acceptors (Lipinski definition) is 9. The molecule has 1 aromatic heterocycles. The van der Waals surface area contributed by atoms with Gasteiger partial charge in [0.25, 0.3) is 5.56 Å². The number of aromatic nitrogens is 2. The molecule has 1 unspecified atom stereocenters. The van der Waals surface area contributed by atoms with Gasteiger partial charge in [0.05, 0.1) is 26.4 Å². The van der Waals surface area contributed by atoms with E-state index in [0.717, 1.165) is 10.1 Å². The number of benzene rings is 4. The van der Waals surface area contributed by atoms with Gasteiger partial charge in [-0.15, -0.1) is 0 Å². The molecule has 0 amide bonds. The van der Waals surface area contributed by atoms with Crippen molar-refractivity contribution in [3.05, 3.63) is 164 Å². The number of ether oxygens (including phenoxy) is 5. The first-order valence-corrected chi connectivity index (χ1v) is 15.7. The van der Waals surface area contributed by atoms with Crippen LogP contribution in [0.1, 0.15) is 38.8 Å². The molecule has 49 heavy (non-hydrogen) atoms. The minimum Gasteiger partial charge on any atom is -0.497 e. The SMILES string of the molecule is COc1ccc(C(O[C@@H]2COC(n3cc(C)c(=O)[nH]c3=O)[C@H](O)[C@@H]2OC(=O)c2ccccc2)(c2ccccc2)c2ccc(OC)cc2)cc1. The van der Waals surface area contributed by atoms with Crippen LogP contribution in [0.2, 0.25) is 0 Å². The normalized spacial score (nSPS) is 19.2. The predicted molar refractivity (Wildman–Crippen MR) is 180 cm³/mol. The number of nitrogens with zero attached hydrogens (tertiary/aromatic N) is 1. The van der Waals surface area contributed by atoms with Crippen LogP contribution in [-0.2, 0) is 19.8 Å². The molecule has 1 aliphatic rings. The summed E-state index contributed by atoms with van der Waals surface area (Å²) in [5.74, 6) is 0.565. The Hall–Kier alpha value is -5.49. The van der Waals surface area contributed by atoms with Crippen molar-refractivity contribution in [3.8, 4) is 11.5 Å². The summed E-state index contributed by atoms with van der Waals surface area (Å²) in [7, 11) is 3.16. The van der Waals surface area contributed by atoms with Gasteiger partial charge in [0.2, 0.25) is 0 Å². The third-order valence-electron chi connectivity index (χ3n) is 8.60. The molecule has 0 spiro atoms. The molecule has 1 fully saturated rings. The van der Waals surface area contributed by atoms with Gasteiger partial charge in [0, 0.05) is 11.8 Å². The Kier molecular flexibility index (Phi) is 9.77. The molecule has 1 saturated heterocycles. The Morgan fingerprint density at radius 3 is 1.90 bits per heavy atom. The number of esters is 1. The topological polar surface area (TPSA) is 138 Å². The molecule has 11 heteroatoms.